The zero-order valence-corrected chi connectivity index (χ0v) is 10.9. The summed E-state index contributed by atoms with van der Waals surface area (Å²) in [4.78, 5) is 16.7. The lowest BCUT2D eigenvalue weighted by atomic mass is 10.1. The Kier molecular flexibility index (Phi) is 3.82. The fourth-order valence-electron chi connectivity index (χ4n) is 3.23. The zero-order valence-electron chi connectivity index (χ0n) is 10.9. The Balaban J connectivity index is 1.48. The lowest BCUT2D eigenvalue weighted by Gasteiger charge is -2.38. The molecule has 3 saturated heterocycles. The molecule has 0 aromatic heterocycles. The highest BCUT2D eigenvalue weighted by molar-refractivity contribution is 5.81. The fraction of sp³-hybridized carbons (Fsp3) is 0.923. The number of piperazine rings is 1. The summed E-state index contributed by atoms with van der Waals surface area (Å²) >= 11 is 0. The molecule has 5 heteroatoms. The third kappa shape index (κ3) is 2.53. The average molecular weight is 253 g/mol. The van der Waals surface area contributed by atoms with Gasteiger partial charge in [0.05, 0.1) is 0 Å². The van der Waals surface area contributed by atoms with Gasteiger partial charge in [-0.2, -0.15) is 0 Å². The van der Waals surface area contributed by atoms with E-state index >= 15 is 0 Å². The predicted molar refractivity (Wildman–Crippen MR) is 68.4 cm³/mol. The Morgan fingerprint density at radius 2 is 2.00 bits per heavy atom. The van der Waals surface area contributed by atoms with Crippen LogP contribution in [0.2, 0.25) is 0 Å². The molecule has 0 radical (unpaired) electrons. The van der Waals surface area contributed by atoms with E-state index in [0.717, 1.165) is 58.7 Å². The van der Waals surface area contributed by atoms with Crippen LogP contribution < -0.4 is 5.32 Å². The topological polar surface area (TPSA) is 44.8 Å². The Morgan fingerprint density at radius 3 is 2.61 bits per heavy atom. The summed E-state index contributed by atoms with van der Waals surface area (Å²) in [6.07, 6.45) is 3.04. The minimum absolute atomic E-state index is 0.148. The summed E-state index contributed by atoms with van der Waals surface area (Å²) in [5.74, 6) is 0.219. The van der Waals surface area contributed by atoms with Crippen LogP contribution in [0.4, 0.5) is 0 Å². The summed E-state index contributed by atoms with van der Waals surface area (Å²) in [5, 5.41) is 3.41. The summed E-state index contributed by atoms with van der Waals surface area (Å²) in [7, 11) is 0. The monoisotopic (exact) mass is 253 g/mol. The lowest BCUT2D eigenvalue weighted by molar-refractivity contribution is -0.143. The van der Waals surface area contributed by atoms with Gasteiger partial charge in [-0.05, 0) is 25.8 Å². The summed E-state index contributed by atoms with van der Waals surface area (Å²) in [5.41, 5.74) is 0. The van der Waals surface area contributed by atoms with Gasteiger partial charge in [0.1, 0.15) is 6.10 Å². The first-order valence-electron chi connectivity index (χ1n) is 7.20. The Hall–Kier alpha value is -0.650. The lowest BCUT2D eigenvalue weighted by Crippen LogP contribution is -2.54. The molecule has 18 heavy (non-hydrogen) atoms. The van der Waals surface area contributed by atoms with Gasteiger partial charge < -0.3 is 15.0 Å². The molecule has 3 aliphatic heterocycles. The number of hydrogen-bond donors (Lipinski definition) is 1. The second-order valence-corrected chi connectivity index (χ2v) is 5.51. The number of hydrogen-bond acceptors (Lipinski definition) is 4. The van der Waals surface area contributed by atoms with Crippen LogP contribution in [-0.4, -0.2) is 73.7 Å². The van der Waals surface area contributed by atoms with Crippen molar-refractivity contribution >= 4 is 5.91 Å². The number of nitrogens with zero attached hydrogens (tertiary/aromatic N) is 2. The van der Waals surface area contributed by atoms with Crippen molar-refractivity contribution in [2.45, 2.75) is 31.4 Å². The molecule has 0 aromatic rings. The second-order valence-electron chi connectivity index (χ2n) is 5.51. The Bertz CT molecular complexity index is 291. The van der Waals surface area contributed by atoms with Gasteiger partial charge in [0.15, 0.2) is 0 Å². The van der Waals surface area contributed by atoms with E-state index in [1.54, 1.807) is 0 Å². The van der Waals surface area contributed by atoms with Crippen molar-refractivity contribution in [2.75, 3.05) is 45.9 Å². The normalized spacial score (nSPS) is 34.1. The van der Waals surface area contributed by atoms with E-state index in [2.05, 4.69) is 10.2 Å². The predicted octanol–water partition coefficient (Wildman–Crippen LogP) is -0.328. The van der Waals surface area contributed by atoms with Crippen molar-refractivity contribution in [2.24, 2.45) is 0 Å². The van der Waals surface area contributed by atoms with Crippen molar-refractivity contribution in [3.05, 3.63) is 0 Å². The van der Waals surface area contributed by atoms with Crippen LogP contribution in [0, 0.1) is 0 Å². The number of carbonyl (C=O) groups excluding carboxylic acids is 1. The third-order valence-corrected chi connectivity index (χ3v) is 4.38. The van der Waals surface area contributed by atoms with Gasteiger partial charge in [0.2, 0.25) is 0 Å². The quantitative estimate of drug-likeness (QED) is 0.732. The van der Waals surface area contributed by atoms with E-state index < -0.39 is 0 Å². The van der Waals surface area contributed by atoms with Crippen molar-refractivity contribution in [3.63, 3.8) is 0 Å². The molecule has 102 valence electrons. The molecule has 0 spiro atoms. The van der Waals surface area contributed by atoms with Crippen molar-refractivity contribution in [3.8, 4) is 0 Å². The molecule has 3 rings (SSSR count). The Morgan fingerprint density at radius 1 is 1.17 bits per heavy atom. The number of ether oxygens (including phenoxy) is 1. The number of carbonyl (C=O) groups is 1. The molecule has 3 aliphatic rings. The maximum Gasteiger partial charge on any atom is 0.251 e. The molecule has 3 fully saturated rings. The molecule has 1 N–H and O–H groups in total. The average Bonchev–Trinajstić information content (AvgIpc) is 3.11. The van der Waals surface area contributed by atoms with Gasteiger partial charge >= 0.3 is 0 Å². The van der Waals surface area contributed by atoms with Crippen LogP contribution in [-0.2, 0) is 9.53 Å². The van der Waals surface area contributed by atoms with E-state index in [9.17, 15) is 4.79 Å². The number of rotatable bonds is 2. The molecule has 1 amide bonds. The first-order chi connectivity index (χ1) is 8.84. The van der Waals surface area contributed by atoms with Crippen molar-refractivity contribution in [1.82, 2.24) is 15.1 Å². The molecule has 0 bridgehead atoms. The minimum atomic E-state index is -0.148. The van der Waals surface area contributed by atoms with Gasteiger partial charge in [-0.15, -0.1) is 0 Å². The van der Waals surface area contributed by atoms with Gasteiger partial charge in [-0.3, -0.25) is 9.69 Å². The summed E-state index contributed by atoms with van der Waals surface area (Å²) in [6.45, 7) is 6.78. The van der Waals surface area contributed by atoms with E-state index in [-0.39, 0.29) is 12.0 Å². The molecule has 2 atom stereocenters. The van der Waals surface area contributed by atoms with E-state index in [4.69, 9.17) is 4.74 Å². The van der Waals surface area contributed by atoms with Gasteiger partial charge in [0, 0.05) is 45.4 Å². The van der Waals surface area contributed by atoms with Crippen molar-refractivity contribution < 1.29 is 9.53 Å². The molecule has 0 aliphatic carbocycles. The van der Waals surface area contributed by atoms with Gasteiger partial charge in [-0.1, -0.05) is 0 Å². The van der Waals surface area contributed by atoms with Crippen LogP contribution in [0.3, 0.4) is 0 Å². The molecule has 0 saturated carbocycles. The molecule has 5 nitrogen and oxygen atoms in total. The maximum absolute atomic E-state index is 12.2. The van der Waals surface area contributed by atoms with E-state index in [1.807, 2.05) is 4.90 Å². The van der Waals surface area contributed by atoms with Gasteiger partial charge in [-0.25, -0.2) is 0 Å². The number of nitrogens with one attached hydrogen (secondary N) is 1. The highest BCUT2D eigenvalue weighted by atomic mass is 16.5. The Labute approximate surface area is 108 Å². The second kappa shape index (κ2) is 5.55. The highest BCUT2D eigenvalue weighted by Gasteiger charge is 2.32. The van der Waals surface area contributed by atoms with E-state index in [1.165, 1.54) is 6.42 Å². The first-order valence-corrected chi connectivity index (χ1v) is 7.20. The van der Waals surface area contributed by atoms with Crippen LogP contribution in [0.25, 0.3) is 0 Å². The molecular formula is C13H23N3O2. The molecular weight excluding hydrogens is 230 g/mol. The third-order valence-electron chi connectivity index (χ3n) is 4.38. The van der Waals surface area contributed by atoms with E-state index in [0.29, 0.717) is 6.04 Å². The summed E-state index contributed by atoms with van der Waals surface area (Å²) in [6, 6.07) is 0.685. The first kappa shape index (κ1) is 12.4. The van der Waals surface area contributed by atoms with Crippen LogP contribution in [0.5, 0.6) is 0 Å². The standard InChI is InChI=1S/C13H23N3O2/c17-13(12-2-1-9-18-12)16-7-5-15(6-8-16)11-3-4-14-10-11/h11-12,14H,1-10H2. The summed E-state index contributed by atoms with van der Waals surface area (Å²) < 4.78 is 5.48. The highest BCUT2D eigenvalue weighted by Crippen LogP contribution is 2.17. The van der Waals surface area contributed by atoms with Crippen LogP contribution in [0.1, 0.15) is 19.3 Å². The van der Waals surface area contributed by atoms with Crippen molar-refractivity contribution in [1.29, 1.82) is 0 Å². The van der Waals surface area contributed by atoms with Gasteiger partial charge in [0.25, 0.3) is 5.91 Å². The molecule has 0 aromatic carbocycles. The van der Waals surface area contributed by atoms with Crippen LogP contribution >= 0.6 is 0 Å². The SMILES string of the molecule is O=C(C1CCCO1)N1CCN(C2CCNC2)CC1. The molecule has 3 heterocycles. The zero-order chi connectivity index (χ0) is 12.4. The smallest absolute Gasteiger partial charge is 0.251 e. The molecule has 2 unspecified atom stereocenters. The fourth-order valence-corrected chi connectivity index (χ4v) is 3.23. The van der Waals surface area contributed by atoms with Crippen LogP contribution in [0.15, 0.2) is 0 Å². The number of amides is 1. The minimum Gasteiger partial charge on any atom is -0.368 e. The largest absolute Gasteiger partial charge is 0.368 e. The maximum atomic E-state index is 12.2.